The second-order valence-corrected chi connectivity index (χ2v) is 9.36. The van der Waals surface area contributed by atoms with Gasteiger partial charge in [-0.15, -0.1) is 0 Å². The number of fused-ring (bicyclic) bond motifs is 3. The number of ether oxygens (including phenoxy) is 1. The number of carbonyl (C=O) groups is 2. The van der Waals surface area contributed by atoms with Crippen molar-refractivity contribution in [1.29, 1.82) is 0 Å². The van der Waals surface area contributed by atoms with Crippen molar-refractivity contribution in [3.63, 3.8) is 0 Å². The third kappa shape index (κ3) is 1.60. The van der Waals surface area contributed by atoms with E-state index in [2.05, 4.69) is 6.92 Å². The molecule has 0 aromatic carbocycles. The van der Waals surface area contributed by atoms with Crippen molar-refractivity contribution in [2.45, 2.75) is 63.3 Å². The van der Waals surface area contributed by atoms with Crippen LogP contribution in [0.1, 0.15) is 46.0 Å². The standard InChI is InChI=1S/C21H26O5/c1-18-7-5-13(23)9-12(18)3-4-15-14-6-8-20(25,16(24)11-22)19(14,2)10-17-21(15,18)26-17/h5,7,9,14-15,17,22,25H,3-4,6,8,10-11H2,1-2H3/t14-,15-,17+,18-,19-,20-,21-/m0/s1. The molecule has 1 saturated heterocycles. The lowest BCUT2D eigenvalue weighted by atomic mass is 9.47. The molecule has 2 N–H and O–H groups in total. The molecule has 0 unspecified atom stereocenters. The van der Waals surface area contributed by atoms with Gasteiger partial charge >= 0.3 is 0 Å². The van der Waals surface area contributed by atoms with E-state index in [-0.39, 0.29) is 34.7 Å². The van der Waals surface area contributed by atoms with Gasteiger partial charge in [0.1, 0.15) is 17.8 Å². The van der Waals surface area contributed by atoms with Crippen molar-refractivity contribution in [3.05, 3.63) is 23.8 Å². The topological polar surface area (TPSA) is 87.1 Å². The molecular weight excluding hydrogens is 332 g/mol. The minimum absolute atomic E-state index is 0.0172. The first-order valence-corrected chi connectivity index (χ1v) is 9.71. The number of aliphatic hydroxyl groups is 2. The summed E-state index contributed by atoms with van der Waals surface area (Å²) in [4.78, 5) is 24.3. The Morgan fingerprint density at radius 2 is 2.08 bits per heavy atom. The number of epoxide rings is 1. The number of hydrogen-bond donors (Lipinski definition) is 2. The van der Waals surface area contributed by atoms with Gasteiger partial charge in [-0.1, -0.05) is 18.6 Å². The number of allylic oxidation sites excluding steroid dienone is 2. The summed E-state index contributed by atoms with van der Waals surface area (Å²) >= 11 is 0. The number of hydrogen-bond acceptors (Lipinski definition) is 5. The molecule has 0 aromatic heterocycles. The van der Waals surface area contributed by atoms with Gasteiger partial charge in [0.25, 0.3) is 0 Å². The van der Waals surface area contributed by atoms with E-state index in [1.807, 2.05) is 13.0 Å². The van der Waals surface area contributed by atoms with Crippen molar-refractivity contribution in [2.75, 3.05) is 6.61 Å². The first kappa shape index (κ1) is 16.8. The van der Waals surface area contributed by atoms with Crippen LogP contribution in [0.25, 0.3) is 0 Å². The zero-order chi connectivity index (χ0) is 18.5. The maximum atomic E-state index is 12.4. The van der Waals surface area contributed by atoms with E-state index in [1.165, 1.54) is 0 Å². The summed E-state index contributed by atoms with van der Waals surface area (Å²) in [5.41, 5.74) is -1.45. The Morgan fingerprint density at radius 1 is 1.31 bits per heavy atom. The molecule has 0 bridgehead atoms. The fourth-order valence-corrected chi connectivity index (χ4v) is 7.24. The number of aliphatic hydroxyl groups excluding tert-OH is 1. The van der Waals surface area contributed by atoms with Crippen LogP contribution in [-0.4, -0.2) is 45.7 Å². The van der Waals surface area contributed by atoms with Gasteiger partial charge in [-0.2, -0.15) is 0 Å². The smallest absolute Gasteiger partial charge is 0.190 e. The Balaban J connectivity index is 1.58. The van der Waals surface area contributed by atoms with Crippen LogP contribution in [0, 0.1) is 22.7 Å². The normalized spacial score (nSPS) is 53.9. The highest BCUT2D eigenvalue weighted by atomic mass is 16.6. The van der Waals surface area contributed by atoms with E-state index < -0.39 is 23.4 Å². The summed E-state index contributed by atoms with van der Waals surface area (Å²) in [6, 6.07) is 0. The predicted molar refractivity (Wildman–Crippen MR) is 93.2 cm³/mol. The summed E-state index contributed by atoms with van der Waals surface area (Å²) in [6.45, 7) is 3.57. The number of Topliss-reactive ketones (excluding diaryl/α,β-unsaturated/α-hetero) is 1. The maximum absolute atomic E-state index is 12.4. The fourth-order valence-electron chi connectivity index (χ4n) is 7.24. The van der Waals surface area contributed by atoms with Gasteiger partial charge in [-0.05, 0) is 63.0 Å². The average molecular weight is 358 g/mol. The first-order chi connectivity index (χ1) is 12.2. The van der Waals surface area contributed by atoms with Crippen molar-refractivity contribution < 1.29 is 24.5 Å². The van der Waals surface area contributed by atoms with Crippen LogP contribution in [0.2, 0.25) is 0 Å². The quantitative estimate of drug-likeness (QED) is 0.734. The molecule has 5 heteroatoms. The summed E-state index contributed by atoms with van der Waals surface area (Å²) in [5.74, 6) is 0.0355. The number of carbonyl (C=O) groups excluding carboxylic acids is 2. The van der Waals surface area contributed by atoms with Gasteiger partial charge in [0.15, 0.2) is 11.6 Å². The van der Waals surface area contributed by atoms with E-state index in [0.717, 1.165) is 24.8 Å². The minimum Gasteiger partial charge on any atom is -0.388 e. The fraction of sp³-hybridized carbons (Fsp3) is 0.714. The van der Waals surface area contributed by atoms with E-state index in [1.54, 1.807) is 12.2 Å². The molecule has 5 rings (SSSR count). The molecule has 0 amide bonds. The molecule has 0 aromatic rings. The Labute approximate surface area is 153 Å². The van der Waals surface area contributed by atoms with Crippen LogP contribution in [-0.2, 0) is 14.3 Å². The highest BCUT2D eigenvalue weighted by Crippen LogP contribution is 2.75. The van der Waals surface area contributed by atoms with Crippen molar-refractivity contribution >= 4 is 11.6 Å². The highest BCUT2D eigenvalue weighted by molar-refractivity contribution is 6.01. The van der Waals surface area contributed by atoms with Crippen LogP contribution in [0.4, 0.5) is 0 Å². The van der Waals surface area contributed by atoms with Crippen LogP contribution in [0.15, 0.2) is 23.8 Å². The molecular formula is C21H26O5. The minimum atomic E-state index is -1.46. The lowest BCUT2D eigenvalue weighted by Gasteiger charge is -2.55. The van der Waals surface area contributed by atoms with Crippen LogP contribution in [0.5, 0.6) is 0 Å². The van der Waals surface area contributed by atoms with E-state index >= 15 is 0 Å². The first-order valence-electron chi connectivity index (χ1n) is 9.71. The van der Waals surface area contributed by atoms with E-state index in [9.17, 15) is 19.8 Å². The molecule has 5 nitrogen and oxygen atoms in total. The molecule has 4 fully saturated rings. The molecule has 0 radical (unpaired) electrons. The van der Waals surface area contributed by atoms with E-state index in [4.69, 9.17) is 4.74 Å². The van der Waals surface area contributed by atoms with Gasteiger partial charge in [-0.25, -0.2) is 0 Å². The molecule has 140 valence electrons. The molecule has 1 aliphatic heterocycles. The molecule has 26 heavy (non-hydrogen) atoms. The Morgan fingerprint density at radius 3 is 2.81 bits per heavy atom. The third-order valence-corrected chi connectivity index (χ3v) is 8.69. The summed E-state index contributed by atoms with van der Waals surface area (Å²) < 4.78 is 6.40. The Hall–Kier alpha value is -1.30. The summed E-state index contributed by atoms with van der Waals surface area (Å²) in [7, 11) is 0. The van der Waals surface area contributed by atoms with E-state index in [0.29, 0.717) is 12.8 Å². The van der Waals surface area contributed by atoms with Gasteiger partial charge in [0.05, 0.1) is 6.10 Å². The van der Waals surface area contributed by atoms with Gasteiger partial charge in [0, 0.05) is 10.8 Å². The van der Waals surface area contributed by atoms with Crippen molar-refractivity contribution in [2.24, 2.45) is 22.7 Å². The van der Waals surface area contributed by atoms with Crippen molar-refractivity contribution in [1.82, 2.24) is 0 Å². The third-order valence-electron chi connectivity index (χ3n) is 8.69. The van der Waals surface area contributed by atoms with Crippen LogP contribution in [0.3, 0.4) is 0 Å². The number of rotatable bonds is 2. The monoisotopic (exact) mass is 358 g/mol. The second kappa shape index (κ2) is 4.75. The maximum Gasteiger partial charge on any atom is 0.190 e. The highest BCUT2D eigenvalue weighted by Gasteiger charge is 2.81. The molecule has 4 aliphatic carbocycles. The van der Waals surface area contributed by atoms with Gasteiger partial charge < -0.3 is 14.9 Å². The Bertz CT molecular complexity index is 783. The SMILES string of the molecule is C[C@]12C=CC(=O)C=C1CC[C@H]1[C@@H]3CC[C@](O)(C(=O)CO)[C@@]3(C)C[C@H]3O[C@]312. The Kier molecular flexibility index (Phi) is 3.08. The zero-order valence-corrected chi connectivity index (χ0v) is 15.3. The second-order valence-electron chi connectivity index (χ2n) is 9.36. The zero-order valence-electron chi connectivity index (χ0n) is 15.3. The average Bonchev–Trinajstić information content (AvgIpc) is 3.27. The lowest BCUT2D eigenvalue weighted by molar-refractivity contribution is -0.159. The lowest BCUT2D eigenvalue weighted by Crippen LogP contribution is -2.61. The molecule has 1 heterocycles. The van der Waals surface area contributed by atoms with Crippen LogP contribution >= 0.6 is 0 Å². The van der Waals surface area contributed by atoms with Gasteiger partial charge in [-0.3, -0.25) is 9.59 Å². The molecule has 1 spiro atoms. The predicted octanol–water partition coefficient (Wildman–Crippen LogP) is 1.72. The summed E-state index contributed by atoms with van der Waals surface area (Å²) in [5, 5.41) is 20.6. The summed E-state index contributed by atoms with van der Waals surface area (Å²) in [6.07, 6.45) is 9.04. The van der Waals surface area contributed by atoms with Gasteiger partial charge in [0.2, 0.25) is 0 Å². The largest absolute Gasteiger partial charge is 0.388 e. The molecule has 7 atom stereocenters. The van der Waals surface area contributed by atoms with Crippen LogP contribution < -0.4 is 0 Å². The molecule has 5 aliphatic rings. The van der Waals surface area contributed by atoms with Crippen molar-refractivity contribution in [3.8, 4) is 0 Å². The molecule has 3 saturated carbocycles. The number of ketones is 2.